The van der Waals surface area contributed by atoms with Crippen LogP contribution < -0.4 is 15.2 Å². The van der Waals surface area contributed by atoms with Gasteiger partial charge in [-0.2, -0.15) is 5.26 Å². The van der Waals surface area contributed by atoms with Gasteiger partial charge in [-0.05, 0) is 38.5 Å². The van der Waals surface area contributed by atoms with Crippen LogP contribution in [0.4, 0.5) is 0 Å². The number of halogens is 1. The summed E-state index contributed by atoms with van der Waals surface area (Å²) in [5.41, 5.74) is 6.70. The Morgan fingerprint density at radius 2 is 2.07 bits per heavy atom. The second-order valence-corrected chi connectivity index (χ2v) is 5.99. The molecule has 1 aliphatic rings. The Labute approximate surface area is 162 Å². The Kier molecular flexibility index (Phi) is 6.59. The summed E-state index contributed by atoms with van der Waals surface area (Å²) in [6.07, 6.45) is 0. The minimum atomic E-state index is -0.801. The van der Waals surface area contributed by atoms with Crippen molar-refractivity contribution in [2.75, 3.05) is 20.3 Å². The van der Waals surface area contributed by atoms with Crippen molar-refractivity contribution in [3.8, 4) is 17.6 Å². The molecule has 1 heterocycles. The number of esters is 1. The number of hydrogen-bond acceptors (Lipinski definition) is 7. The molecular formula is C19H21ClN2O5. The van der Waals surface area contributed by atoms with Crippen molar-refractivity contribution in [1.82, 2.24) is 0 Å². The lowest BCUT2D eigenvalue weighted by molar-refractivity contribution is -0.139. The molecule has 0 amide bonds. The highest BCUT2D eigenvalue weighted by Crippen LogP contribution is 2.44. The van der Waals surface area contributed by atoms with Gasteiger partial charge in [-0.3, -0.25) is 0 Å². The topological polar surface area (TPSA) is 104 Å². The smallest absolute Gasteiger partial charge is 0.338 e. The standard InChI is InChI=1S/C19H21ClN2O5/c1-5-25-17-13(20)7-11(8-14(17)24-4)16-12(9-21)18(22)27-10(3)15(16)19(23)26-6-2/h7-8,16H,5-6,22H2,1-4H3. The van der Waals surface area contributed by atoms with Gasteiger partial charge in [0.05, 0.1) is 36.8 Å². The molecule has 0 radical (unpaired) electrons. The van der Waals surface area contributed by atoms with E-state index in [1.165, 1.54) is 7.11 Å². The molecule has 27 heavy (non-hydrogen) atoms. The van der Waals surface area contributed by atoms with Crippen LogP contribution in [0.15, 0.2) is 34.9 Å². The lowest BCUT2D eigenvalue weighted by Gasteiger charge is -2.27. The van der Waals surface area contributed by atoms with Gasteiger partial charge in [0, 0.05) is 0 Å². The fourth-order valence-corrected chi connectivity index (χ4v) is 3.15. The van der Waals surface area contributed by atoms with Gasteiger partial charge < -0.3 is 24.7 Å². The zero-order chi connectivity index (χ0) is 20.1. The molecule has 0 saturated heterocycles. The summed E-state index contributed by atoms with van der Waals surface area (Å²) in [6, 6.07) is 5.29. The van der Waals surface area contributed by atoms with Gasteiger partial charge in [0.2, 0.25) is 5.88 Å². The number of carbonyl (C=O) groups is 1. The third-order valence-electron chi connectivity index (χ3n) is 3.97. The molecule has 1 unspecified atom stereocenters. The molecule has 8 heteroatoms. The predicted octanol–water partition coefficient (Wildman–Crippen LogP) is 3.39. The number of nitriles is 1. The molecule has 1 aromatic rings. The van der Waals surface area contributed by atoms with Gasteiger partial charge in [0.1, 0.15) is 17.4 Å². The highest BCUT2D eigenvalue weighted by Gasteiger charge is 2.37. The Morgan fingerprint density at radius 1 is 1.37 bits per heavy atom. The zero-order valence-electron chi connectivity index (χ0n) is 15.6. The van der Waals surface area contributed by atoms with Gasteiger partial charge in [0.15, 0.2) is 11.5 Å². The molecule has 0 spiro atoms. The molecule has 2 N–H and O–H groups in total. The fourth-order valence-electron chi connectivity index (χ4n) is 2.88. The van der Waals surface area contributed by atoms with Gasteiger partial charge in [-0.15, -0.1) is 0 Å². The Morgan fingerprint density at radius 3 is 2.63 bits per heavy atom. The monoisotopic (exact) mass is 392 g/mol. The summed E-state index contributed by atoms with van der Waals surface area (Å²) in [7, 11) is 1.48. The minimum Gasteiger partial charge on any atom is -0.493 e. The summed E-state index contributed by atoms with van der Waals surface area (Å²) >= 11 is 6.36. The summed E-state index contributed by atoms with van der Waals surface area (Å²) in [6.45, 7) is 5.68. The Balaban J connectivity index is 2.70. The molecule has 144 valence electrons. The maximum atomic E-state index is 12.5. The number of benzene rings is 1. The summed E-state index contributed by atoms with van der Waals surface area (Å²) in [5.74, 6) is -0.445. The normalized spacial score (nSPS) is 16.5. The first-order valence-corrected chi connectivity index (χ1v) is 8.72. The fraction of sp³-hybridized carbons (Fsp3) is 0.368. The highest BCUT2D eigenvalue weighted by atomic mass is 35.5. The van der Waals surface area contributed by atoms with Crippen LogP contribution >= 0.6 is 11.6 Å². The van der Waals surface area contributed by atoms with Crippen molar-refractivity contribution in [2.24, 2.45) is 5.73 Å². The third-order valence-corrected chi connectivity index (χ3v) is 4.26. The maximum Gasteiger partial charge on any atom is 0.338 e. The highest BCUT2D eigenvalue weighted by molar-refractivity contribution is 6.32. The number of rotatable bonds is 6. The first-order valence-electron chi connectivity index (χ1n) is 8.35. The molecule has 2 rings (SSSR count). The van der Waals surface area contributed by atoms with E-state index < -0.39 is 11.9 Å². The van der Waals surface area contributed by atoms with Crippen LogP contribution in [0.3, 0.4) is 0 Å². The van der Waals surface area contributed by atoms with Crippen molar-refractivity contribution >= 4 is 17.6 Å². The minimum absolute atomic E-state index is 0.0722. The summed E-state index contributed by atoms with van der Waals surface area (Å²) in [5, 5.41) is 9.90. The number of methoxy groups -OCH3 is 1. The van der Waals surface area contributed by atoms with E-state index in [0.717, 1.165) is 0 Å². The van der Waals surface area contributed by atoms with Crippen LogP contribution in [0.5, 0.6) is 11.5 Å². The molecule has 0 saturated carbocycles. The van der Waals surface area contributed by atoms with Crippen molar-refractivity contribution in [2.45, 2.75) is 26.7 Å². The molecule has 1 atom stereocenters. The van der Waals surface area contributed by atoms with Crippen LogP contribution in [0.1, 0.15) is 32.3 Å². The molecule has 0 aliphatic carbocycles. The van der Waals surface area contributed by atoms with Crippen molar-refractivity contribution in [1.29, 1.82) is 5.26 Å². The predicted molar refractivity (Wildman–Crippen MR) is 99.2 cm³/mol. The van der Waals surface area contributed by atoms with Crippen LogP contribution in [-0.2, 0) is 14.3 Å². The number of nitrogens with zero attached hydrogens (tertiary/aromatic N) is 1. The van der Waals surface area contributed by atoms with E-state index in [2.05, 4.69) is 0 Å². The van der Waals surface area contributed by atoms with Crippen LogP contribution in [0.25, 0.3) is 0 Å². The lowest BCUT2D eigenvalue weighted by atomic mass is 9.83. The molecule has 0 aromatic heterocycles. The number of ether oxygens (including phenoxy) is 4. The summed E-state index contributed by atoms with van der Waals surface area (Å²) in [4.78, 5) is 12.5. The van der Waals surface area contributed by atoms with E-state index in [1.807, 2.05) is 13.0 Å². The quantitative estimate of drug-likeness (QED) is 0.740. The lowest BCUT2D eigenvalue weighted by Crippen LogP contribution is -2.25. The molecule has 7 nitrogen and oxygen atoms in total. The van der Waals surface area contributed by atoms with Crippen LogP contribution in [-0.4, -0.2) is 26.3 Å². The van der Waals surface area contributed by atoms with Gasteiger partial charge in [0.25, 0.3) is 0 Å². The SMILES string of the molecule is CCOC(=O)C1=C(C)OC(N)=C(C#N)C1c1cc(Cl)c(OCC)c(OC)c1. The first-order chi connectivity index (χ1) is 12.9. The van der Waals surface area contributed by atoms with Crippen LogP contribution in [0, 0.1) is 11.3 Å². The van der Waals surface area contributed by atoms with Crippen molar-refractivity contribution in [3.63, 3.8) is 0 Å². The molecule has 1 aliphatic heterocycles. The molecular weight excluding hydrogens is 372 g/mol. The van der Waals surface area contributed by atoms with E-state index >= 15 is 0 Å². The number of allylic oxidation sites excluding steroid dienone is 2. The third kappa shape index (κ3) is 3.96. The number of carbonyl (C=O) groups excluding carboxylic acids is 1. The Hall–Kier alpha value is -2.85. The van der Waals surface area contributed by atoms with E-state index in [4.69, 9.17) is 36.3 Å². The van der Waals surface area contributed by atoms with Crippen molar-refractivity contribution in [3.05, 3.63) is 45.5 Å². The molecule has 0 bridgehead atoms. The van der Waals surface area contributed by atoms with E-state index in [9.17, 15) is 10.1 Å². The zero-order valence-corrected chi connectivity index (χ0v) is 16.3. The summed E-state index contributed by atoms with van der Waals surface area (Å²) < 4.78 is 21.4. The number of nitrogens with two attached hydrogens (primary N) is 1. The average molecular weight is 393 g/mol. The van der Waals surface area contributed by atoms with E-state index in [1.54, 1.807) is 26.0 Å². The molecule has 0 fully saturated rings. The number of hydrogen-bond donors (Lipinski definition) is 1. The Bertz CT molecular complexity index is 854. The largest absolute Gasteiger partial charge is 0.493 e. The maximum absolute atomic E-state index is 12.5. The second kappa shape index (κ2) is 8.69. The van der Waals surface area contributed by atoms with Gasteiger partial charge >= 0.3 is 5.97 Å². The first kappa shape index (κ1) is 20.5. The second-order valence-electron chi connectivity index (χ2n) is 5.58. The van der Waals surface area contributed by atoms with E-state index in [-0.39, 0.29) is 34.4 Å². The van der Waals surface area contributed by atoms with Crippen LogP contribution in [0.2, 0.25) is 5.02 Å². The average Bonchev–Trinajstić information content (AvgIpc) is 2.62. The van der Waals surface area contributed by atoms with E-state index in [0.29, 0.717) is 23.7 Å². The van der Waals surface area contributed by atoms with Crippen molar-refractivity contribution < 1.29 is 23.7 Å². The molecule has 1 aromatic carbocycles. The van der Waals surface area contributed by atoms with Gasteiger partial charge in [-0.1, -0.05) is 11.6 Å². The van der Waals surface area contributed by atoms with Gasteiger partial charge in [-0.25, -0.2) is 4.79 Å².